The first-order valence-corrected chi connectivity index (χ1v) is 5.39. The molecule has 3 nitrogen and oxygen atoms in total. The molecule has 1 aromatic carbocycles. The summed E-state index contributed by atoms with van der Waals surface area (Å²) in [7, 11) is 0. The lowest BCUT2D eigenvalue weighted by molar-refractivity contribution is 0.632. The molecule has 2 rings (SSSR count). The van der Waals surface area contributed by atoms with Crippen molar-refractivity contribution < 1.29 is 4.39 Å². The average Bonchev–Trinajstić information content (AvgIpc) is 2.33. The fraction of sp³-hybridized carbons (Fsp3) is 0. The van der Waals surface area contributed by atoms with E-state index < -0.39 is 0 Å². The van der Waals surface area contributed by atoms with E-state index in [1.165, 1.54) is 6.07 Å². The van der Waals surface area contributed by atoms with Crippen LogP contribution in [0.3, 0.4) is 0 Å². The first-order chi connectivity index (χ1) is 8.25. The lowest BCUT2D eigenvalue weighted by atomic mass is 10.3. The lowest BCUT2D eigenvalue weighted by Gasteiger charge is -2.10. The van der Waals surface area contributed by atoms with Gasteiger partial charge in [0, 0.05) is 6.20 Å². The van der Waals surface area contributed by atoms with Crippen molar-refractivity contribution in [1.82, 2.24) is 4.98 Å². The summed E-state index contributed by atoms with van der Waals surface area (Å²) >= 11 is 5.06. The van der Waals surface area contributed by atoms with Crippen molar-refractivity contribution >= 4 is 28.7 Å². The molecule has 2 aromatic rings. The molecule has 0 spiro atoms. The molecule has 1 aromatic heterocycles. The van der Waals surface area contributed by atoms with Crippen LogP contribution in [-0.4, -0.2) is 10.1 Å². The molecule has 0 aliphatic heterocycles. The molecular weight excluding hydrogens is 237 g/mol. The number of hydrogen-bond donors (Lipinski definition) is 2. The Labute approximate surface area is 104 Å². The van der Waals surface area contributed by atoms with E-state index in [9.17, 15) is 4.39 Å². The Balaban J connectivity index is 2.01. The monoisotopic (exact) mass is 247 g/mol. The van der Waals surface area contributed by atoms with Crippen molar-refractivity contribution in [1.29, 1.82) is 0 Å². The predicted molar refractivity (Wildman–Crippen MR) is 70.5 cm³/mol. The third-order valence-electron chi connectivity index (χ3n) is 2.04. The van der Waals surface area contributed by atoms with Crippen molar-refractivity contribution in [3.63, 3.8) is 0 Å². The largest absolute Gasteiger partial charge is 0.331 e. The van der Waals surface area contributed by atoms with E-state index in [4.69, 9.17) is 12.2 Å². The minimum absolute atomic E-state index is 0.322. The zero-order valence-electron chi connectivity index (χ0n) is 8.85. The number of nitrogens with one attached hydrogen (secondary N) is 2. The number of benzene rings is 1. The van der Waals surface area contributed by atoms with Crippen molar-refractivity contribution in [3.8, 4) is 0 Å². The Morgan fingerprint density at radius 2 is 1.94 bits per heavy atom. The molecule has 0 fully saturated rings. The summed E-state index contributed by atoms with van der Waals surface area (Å²) in [6, 6.07) is 9.95. The van der Waals surface area contributed by atoms with Crippen molar-refractivity contribution in [2.75, 3.05) is 10.6 Å². The molecule has 86 valence electrons. The van der Waals surface area contributed by atoms with Gasteiger partial charge in [0.05, 0.1) is 17.6 Å². The van der Waals surface area contributed by atoms with Crippen LogP contribution in [0.5, 0.6) is 0 Å². The van der Waals surface area contributed by atoms with Crippen LogP contribution in [0, 0.1) is 5.82 Å². The second-order valence-corrected chi connectivity index (χ2v) is 3.71. The Kier molecular flexibility index (Phi) is 3.62. The number of nitrogens with zero attached hydrogens (tertiary/aromatic N) is 1. The molecule has 0 aliphatic rings. The molecule has 0 saturated heterocycles. The number of aromatic nitrogens is 1. The van der Waals surface area contributed by atoms with Gasteiger partial charge in [0.2, 0.25) is 0 Å². The summed E-state index contributed by atoms with van der Waals surface area (Å²) in [5.74, 6) is -0.345. The smallest absolute Gasteiger partial charge is 0.175 e. The maximum Gasteiger partial charge on any atom is 0.175 e. The zero-order valence-corrected chi connectivity index (χ0v) is 9.67. The molecule has 0 saturated carbocycles. The summed E-state index contributed by atoms with van der Waals surface area (Å²) < 4.78 is 13.3. The van der Waals surface area contributed by atoms with Crippen LogP contribution < -0.4 is 10.6 Å². The number of para-hydroxylation sites is 1. The summed E-state index contributed by atoms with van der Waals surface area (Å²) in [4.78, 5) is 3.94. The zero-order chi connectivity index (χ0) is 12.1. The van der Waals surface area contributed by atoms with Gasteiger partial charge in [-0.2, -0.15) is 0 Å². The highest BCUT2D eigenvalue weighted by Crippen LogP contribution is 2.13. The maximum absolute atomic E-state index is 13.3. The van der Waals surface area contributed by atoms with Gasteiger partial charge in [-0.25, -0.2) is 4.39 Å². The number of halogens is 1. The molecule has 0 unspecified atom stereocenters. The highest BCUT2D eigenvalue weighted by Gasteiger charge is 2.02. The minimum atomic E-state index is -0.345. The first-order valence-electron chi connectivity index (χ1n) is 4.98. The quantitative estimate of drug-likeness (QED) is 0.800. The fourth-order valence-corrected chi connectivity index (χ4v) is 1.51. The van der Waals surface area contributed by atoms with Crippen molar-refractivity contribution in [3.05, 3.63) is 54.6 Å². The molecule has 0 bridgehead atoms. The van der Waals surface area contributed by atoms with Crippen molar-refractivity contribution in [2.45, 2.75) is 0 Å². The normalized spacial score (nSPS) is 9.71. The van der Waals surface area contributed by atoms with Gasteiger partial charge in [-0.15, -0.1) is 0 Å². The van der Waals surface area contributed by atoms with E-state index in [2.05, 4.69) is 15.6 Å². The van der Waals surface area contributed by atoms with E-state index in [0.29, 0.717) is 10.8 Å². The molecule has 17 heavy (non-hydrogen) atoms. The lowest BCUT2D eigenvalue weighted by Crippen LogP contribution is -2.19. The molecule has 5 heteroatoms. The summed E-state index contributed by atoms with van der Waals surface area (Å²) in [5.41, 5.74) is 1.09. The van der Waals surface area contributed by atoms with Crippen LogP contribution in [0.1, 0.15) is 0 Å². The number of anilines is 2. The number of pyridine rings is 1. The molecule has 2 N–H and O–H groups in total. The standard InChI is InChI=1S/C12H10FN3S/c13-10-5-1-2-6-11(10)16-12(17)15-9-4-3-7-14-8-9/h1-8H,(H2,15,16,17). The van der Waals surface area contributed by atoms with Crippen LogP contribution in [0.15, 0.2) is 48.8 Å². The Bertz CT molecular complexity index is 516. The van der Waals surface area contributed by atoms with Crippen LogP contribution in [0.2, 0.25) is 0 Å². The highest BCUT2D eigenvalue weighted by atomic mass is 32.1. The minimum Gasteiger partial charge on any atom is -0.331 e. The highest BCUT2D eigenvalue weighted by molar-refractivity contribution is 7.80. The third kappa shape index (κ3) is 3.22. The van der Waals surface area contributed by atoms with E-state index in [1.54, 1.807) is 36.7 Å². The van der Waals surface area contributed by atoms with E-state index in [-0.39, 0.29) is 5.82 Å². The van der Waals surface area contributed by atoms with Crippen molar-refractivity contribution in [2.24, 2.45) is 0 Å². The van der Waals surface area contributed by atoms with E-state index in [1.807, 2.05) is 6.07 Å². The molecular formula is C12H10FN3S. The first kappa shape index (κ1) is 11.5. The van der Waals surface area contributed by atoms with Gasteiger partial charge in [0.25, 0.3) is 0 Å². The van der Waals surface area contributed by atoms with Gasteiger partial charge in [-0.3, -0.25) is 4.98 Å². The molecule has 0 atom stereocenters. The molecule has 1 heterocycles. The SMILES string of the molecule is Fc1ccccc1NC(=S)Nc1cccnc1. The van der Waals surface area contributed by atoms with Gasteiger partial charge in [0.1, 0.15) is 5.82 Å². The second-order valence-electron chi connectivity index (χ2n) is 3.30. The number of rotatable bonds is 2. The predicted octanol–water partition coefficient (Wildman–Crippen LogP) is 3.03. The second kappa shape index (κ2) is 5.36. The van der Waals surface area contributed by atoms with Gasteiger partial charge >= 0.3 is 0 Å². The molecule has 0 radical (unpaired) electrons. The third-order valence-corrected chi connectivity index (χ3v) is 2.25. The summed E-state index contributed by atoms with van der Waals surface area (Å²) in [5, 5.41) is 6.01. The summed E-state index contributed by atoms with van der Waals surface area (Å²) in [6.45, 7) is 0. The maximum atomic E-state index is 13.3. The van der Waals surface area contributed by atoms with Crippen LogP contribution in [0.4, 0.5) is 15.8 Å². The van der Waals surface area contributed by atoms with Gasteiger partial charge in [-0.05, 0) is 36.5 Å². The number of hydrogen-bond acceptors (Lipinski definition) is 2. The van der Waals surface area contributed by atoms with E-state index in [0.717, 1.165) is 5.69 Å². The Hall–Kier alpha value is -2.01. The topological polar surface area (TPSA) is 37.0 Å². The fourth-order valence-electron chi connectivity index (χ4n) is 1.28. The molecule has 0 aliphatic carbocycles. The Morgan fingerprint density at radius 3 is 2.65 bits per heavy atom. The Morgan fingerprint density at radius 1 is 1.12 bits per heavy atom. The van der Waals surface area contributed by atoms with Gasteiger partial charge in [0.15, 0.2) is 5.11 Å². The van der Waals surface area contributed by atoms with Gasteiger partial charge in [-0.1, -0.05) is 12.1 Å². The molecule has 0 amide bonds. The van der Waals surface area contributed by atoms with Crippen LogP contribution in [0.25, 0.3) is 0 Å². The van der Waals surface area contributed by atoms with E-state index >= 15 is 0 Å². The average molecular weight is 247 g/mol. The van der Waals surface area contributed by atoms with Crippen LogP contribution >= 0.6 is 12.2 Å². The van der Waals surface area contributed by atoms with Crippen LogP contribution in [-0.2, 0) is 0 Å². The summed E-state index contributed by atoms with van der Waals surface area (Å²) in [6.07, 6.45) is 3.30. The van der Waals surface area contributed by atoms with Gasteiger partial charge < -0.3 is 10.6 Å². The number of thiocarbonyl (C=S) groups is 1.